The summed E-state index contributed by atoms with van der Waals surface area (Å²) < 4.78 is 2.42. The number of aryl methyl sites for hydroxylation is 1. The van der Waals surface area contributed by atoms with E-state index in [-0.39, 0.29) is 12.1 Å². The van der Waals surface area contributed by atoms with Crippen molar-refractivity contribution in [3.05, 3.63) is 83.2 Å². The lowest BCUT2D eigenvalue weighted by Gasteiger charge is -2.32. The molecule has 0 unspecified atom stereocenters. The maximum atomic E-state index is 5.17. The molecular weight excluding hydrogens is 390 g/mol. The van der Waals surface area contributed by atoms with Crippen molar-refractivity contribution < 1.29 is 0 Å². The Morgan fingerprint density at radius 1 is 1.10 bits per heavy atom. The Bertz CT molecular complexity index is 1060. The summed E-state index contributed by atoms with van der Waals surface area (Å²) in [7, 11) is 0. The zero-order chi connectivity index (χ0) is 20.7. The molecule has 0 N–H and O–H groups in total. The van der Waals surface area contributed by atoms with E-state index in [1.54, 1.807) is 0 Å². The van der Waals surface area contributed by atoms with Crippen molar-refractivity contribution in [1.82, 2.24) is 19.4 Å². The normalized spacial score (nSPS) is 23.0. The second kappa shape index (κ2) is 7.91. The smallest absolute Gasteiger partial charge is 0.160 e. The fraction of sp³-hybridized carbons (Fsp3) is 0.375. The molecule has 5 heterocycles. The minimum atomic E-state index is 0.0397. The first-order valence-corrected chi connectivity index (χ1v) is 11.6. The Labute approximate surface area is 182 Å². The van der Waals surface area contributed by atoms with Gasteiger partial charge in [-0.1, -0.05) is 24.8 Å². The van der Waals surface area contributed by atoms with Crippen molar-refractivity contribution >= 4 is 16.9 Å². The van der Waals surface area contributed by atoms with E-state index in [1.165, 1.54) is 27.7 Å². The molecule has 3 aromatic heterocycles. The molecule has 1 fully saturated rings. The highest BCUT2D eigenvalue weighted by Gasteiger charge is 2.46. The summed E-state index contributed by atoms with van der Waals surface area (Å²) >= 11 is 1.90. The lowest BCUT2D eigenvalue weighted by atomic mass is 9.95. The molecule has 5 nitrogen and oxygen atoms in total. The van der Waals surface area contributed by atoms with E-state index >= 15 is 0 Å². The molecule has 3 aromatic rings. The minimum Gasteiger partial charge on any atom is -0.344 e. The molecule has 6 heteroatoms. The van der Waals surface area contributed by atoms with Crippen molar-refractivity contribution in [3.63, 3.8) is 0 Å². The zero-order valence-electron chi connectivity index (χ0n) is 17.7. The van der Waals surface area contributed by atoms with Crippen LogP contribution in [0.4, 0.5) is 0 Å². The highest BCUT2D eigenvalue weighted by molar-refractivity contribution is 8.14. The molecule has 2 aliphatic heterocycles. The molecule has 0 spiro atoms. The molecule has 154 valence electrons. The predicted molar refractivity (Wildman–Crippen MR) is 123 cm³/mol. The van der Waals surface area contributed by atoms with Crippen LogP contribution in [0.15, 0.2) is 60.0 Å². The monoisotopic (exact) mass is 417 g/mol. The van der Waals surface area contributed by atoms with Gasteiger partial charge in [-0.25, -0.2) is 0 Å². The van der Waals surface area contributed by atoms with Crippen molar-refractivity contribution in [2.45, 2.75) is 51.9 Å². The van der Waals surface area contributed by atoms with E-state index in [0.29, 0.717) is 6.04 Å². The fourth-order valence-electron chi connectivity index (χ4n) is 4.73. The number of hydrogen-bond donors (Lipinski definition) is 0. The maximum Gasteiger partial charge on any atom is 0.160 e. The molecule has 0 amide bonds. The maximum absolute atomic E-state index is 5.17. The van der Waals surface area contributed by atoms with Gasteiger partial charge in [-0.05, 0) is 61.7 Å². The van der Waals surface area contributed by atoms with Crippen molar-refractivity contribution in [2.24, 2.45) is 4.99 Å². The predicted octanol–water partition coefficient (Wildman–Crippen LogP) is 4.92. The van der Waals surface area contributed by atoms with Crippen LogP contribution in [0.2, 0.25) is 0 Å². The van der Waals surface area contributed by atoms with Gasteiger partial charge >= 0.3 is 0 Å². The van der Waals surface area contributed by atoms with Gasteiger partial charge in [0.15, 0.2) is 5.17 Å². The Morgan fingerprint density at radius 3 is 2.67 bits per heavy atom. The van der Waals surface area contributed by atoms with Crippen LogP contribution in [-0.2, 0) is 6.54 Å². The number of fused-ring (bicyclic) bond motifs is 1. The molecule has 0 radical (unpaired) electrons. The van der Waals surface area contributed by atoms with E-state index in [4.69, 9.17) is 4.99 Å². The first-order valence-electron chi connectivity index (χ1n) is 10.6. The Balaban J connectivity index is 1.57. The SMILES string of the molecule is CC[C@H]1CSC2=N[C@@H](c3ccccn3)[C@@H](c3cc(C)n(Cc4ccncc4)c3C)N21. The third-order valence-corrected chi connectivity index (χ3v) is 7.48. The van der Waals surface area contributed by atoms with Crippen LogP contribution in [0.5, 0.6) is 0 Å². The van der Waals surface area contributed by atoms with Crippen molar-refractivity contribution in [3.8, 4) is 0 Å². The third-order valence-electron chi connectivity index (χ3n) is 6.35. The van der Waals surface area contributed by atoms with Gasteiger partial charge < -0.3 is 9.47 Å². The van der Waals surface area contributed by atoms with Crippen LogP contribution >= 0.6 is 11.8 Å². The molecule has 0 aliphatic carbocycles. The summed E-state index contributed by atoms with van der Waals surface area (Å²) in [6, 6.07) is 13.5. The second-order valence-electron chi connectivity index (χ2n) is 8.10. The Kier molecular flexibility index (Phi) is 5.11. The van der Waals surface area contributed by atoms with Crippen LogP contribution in [-0.4, -0.2) is 36.4 Å². The number of thioether (sulfide) groups is 1. The van der Waals surface area contributed by atoms with Gasteiger partial charge in [0, 0.05) is 48.3 Å². The molecule has 0 saturated carbocycles. The lowest BCUT2D eigenvalue weighted by Crippen LogP contribution is -2.35. The first kappa shape index (κ1) is 19.4. The number of amidine groups is 1. The number of aromatic nitrogens is 3. The highest BCUT2D eigenvalue weighted by Crippen LogP contribution is 2.49. The van der Waals surface area contributed by atoms with E-state index in [2.05, 4.69) is 70.5 Å². The molecule has 0 aromatic carbocycles. The number of rotatable bonds is 5. The van der Waals surface area contributed by atoms with Crippen LogP contribution in [0.1, 0.15) is 53.6 Å². The highest BCUT2D eigenvalue weighted by atomic mass is 32.2. The van der Waals surface area contributed by atoms with E-state index in [1.807, 2.05) is 36.4 Å². The Morgan fingerprint density at radius 2 is 1.93 bits per heavy atom. The van der Waals surface area contributed by atoms with Gasteiger partial charge in [-0.2, -0.15) is 0 Å². The molecular formula is C24H27N5S. The summed E-state index contributed by atoms with van der Waals surface area (Å²) in [6.07, 6.45) is 6.75. The average Bonchev–Trinajstić information content (AvgIpc) is 3.43. The Hall–Kier alpha value is -2.60. The van der Waals surface area contributed by atoms with Gasteiger partial charge in [0.25, 0.3) is 0 Å². The third kappa shape index (κ3) is 3.23. The van der Waals surface area contributed by atoms with Gasteiger partial charge in [0.2, 0.25) is 0 Å². The quantitative estimate of drug-likeness (QED) is 0.591. The van der Waals surface area contributed by atoms with Crippen molar-refractivity contribution in [2.75, 3.05) is 5.75 Å². The molecule has 3 atom stereocenters. The molecule has 1 saturated heterocycles. The molecule has 30 heavy (non-hydrogen) atoms. The summed E-state index contributed by atoms with van der Waals surface area (Å²) in [4.78, 5) is 16.6. The number of aliphatic imine (C=N–C) groups is 1. The lowest BCUT2D eigenvalue weighted by molar-refractivity contribution is 0.254. The molecule has 2 aliphatic rings. The average molecular weight is 418 g/mol. The van der Waals surface area contributed by atoms with Crippen LogP contribution in [0, 0.1) is 13.8 Å². The van der Waals surface area contributed by atoms with Crippen LogP contribution in [0.25, 0.3) is 0 Å². The van der Waals surface area contributed by atoms with Gasteiger partial charge in [-0.3, -0.25) is 15.0 Å². The van der Waals surface area contributed by atoms with E-state index in [9.17, 15) is 0 Å². The van der Waals surface area contributed by atoms with E-state index < -0.39 is 0 Å². The topological polar surface area (TPSA) is 46.3 Å². The number of pyridine rings is 2. The van der Waals surface area contributed by atoms with Gasteiger partial charge in [0.1, 0.15) is 6.04 Å². The second-order valence-corrected chi connectivity index (χ2v) is 9.09. The van der Waals surface area contributed by atoms with E-state index in [0.717, 1.165) is 24.4 Å². The van der Waals surface area contributed by atoms with Crippen molar-refractivity contribution in [1.29, 1.82) is 0 Å². The summed E-state index contributed by atoms with van der Waals surface area (Å²) in [5.74, 6) is 1.12. The van der Waals surface area contributed by atoms with Gasteiger partial charge in [-0.15, -0.1) is 0 Å². The largest absolute Gasteiger partial charge is 0.344 e. The first-order chi connectivity index (χ1) is 14.7. The zero-order valence-corrected chi connectivity index (χ0v) is 18.5. The fourth-order valence-corrected chi connectivity index (χ4v) is 6.07. The summed E-state index contributed by atoms with van der Waals surface area (Å²) in [5.41, 5.74) is 6.30. The van der Waals surface area contributed by atoms with Gasteiger partial charge in [0.05, 0.1) is 11.7 Å². The molecule has 0 bridgehead atoms. The summed E-state index contributed by atoms with van der Waals surface area (Å²) in [5, 5.41) is 1.18. The number of nitrogens with zero attached hydrogens (tertiary/aromatic N) is 5. The minimum absolute atomic E-state index is 0.0397. The van der Waals surface area contributed by atoms with Crippen LogP contribution in [0.3, 0.4) is 0 Å². The van der Waals surface area contributed by atoms with Crippen LogP contribution < -0.4 is 0 Å². The summed E-state index contributed by atoms with van der Waals surface area (Å²) in [6.45, 7) is 7.61. The number of hydrogen-bond acceptors (Lipinski definition) is 5. The molecule has 5 rings (SSSR count). The standard InChI is InChI=1S/C24H27N5S/c1-4-19-15-30-24-27-22(21-7-5-6-10-26-21)23(29(19)24)20-13-16(2)28(17(20)3)14-18-8-11-25-12-9-18/h5-13,19,22-23H,4,14-15H2,1-3H3/t19-,22-,23+/m0/s1.